The standard InChI is InChI=1S/C19H21N3O/c1-2-16(23-13-15-8-4-3-5-9-15)12-20-19-17-10-6-7-11-18(17)21-14-22-19/h3-11,14,16H,2,12-13H2,1H3,(H,20,21,22). The van der Waals surface area contributed by atoms with Gasteiger partial charge in [0, 0.05) is 11.9 Å². The average molecular weight is 307 g/mol. The van der Waals surface area contributed by atoms with Crippen molar-refractivity contribution in [3.8, 4) is 0 Å². The molecule has 23 heavy (non-hydrogen) atoms. The molecular weight excluding hydrogens is 286 g/mol. The number of ether oxygens (including phenoxy) is 1. The van der Waals surface area contributed by atoms with Crippen LogP contribution < -0.4 is 5.32 Å². The average Bonchev–Trinajstić information content (AvgIpc) is 2.63. The van der Waals surface area contributed by atoms with Gasteiger partial charge in [-0.15, -0.1) is 0 Å². The summed E-state index contributed by atoms with van der Waals surface area (Å²) < 4.78 is 6.01. The topological polar surface area (TPSA) is 47.0 Å². The molecule has 1 N–H and O–H groups in total. The number of hydrogen-bond acceptors (Lipinski definition) is 4. The summed E-state index contributed by atoms with van der Waals surface area (Å²) in [6.45, 7) is 3.49. The molecule has 0 aliphatic carbocycles. The van der Waals surface area contributed by atoms with Gasteiger partial charge in [0.05, 0.1) is 18.2 Å². The number of nitrogens with one attached hydrogen (secondary N) is 1. The van der Waals surface area contributed by atoms with E-state index in [0.29, 0.717) is 6.61 Å². The molecule has 1 atom stereocenters. The van der Waals surface area contributed by atoms with E-state index in [9.17, 15) is 0 Å². The molecule has 0 amide bonds. The molecule has 118 valence electrons. The third-order valence-electron chi connectivity index (χ3n) is 3.82. The van der Waals surface area contributed by atoms with Crippen LogP contribution >= 0.6 is 0 Å². The molecule has 0 radical (unpaired) electrons. The minimum atomic E-state index is 0.143. The van der Waals surface area contributed by atoms with Crippen LogP contribution in [0.3, 0.4) is 0 Å². The number of para-hydroxylation sites is 1. The zero-order valence-electron chi connectivity index (χ0n) is 13.3. The van der Waals surface area contributed by atoms with Crippen LogP contribution in [0.25, 0.3) is 10.9 Å². The van der Waals surface area contributed by atoms with Crippen molar-refractivity contribution in [2.45, 2.75) is 26.1 Å². The third kappa shape index (κ3) is 4.05. The highest BCUT2D eigenvalue weighted by Crippen LogP contribution is 2.18. The van der Waals surface area contributed by atoms with Crippen LogP contribution in [-0.2, 0) is 11.3 Å². The SMILES string of the molecule is CCC(CNc1ncnc2ccccc12)OCc1ccccc1. The first-order valence-electron chi connectivity index (χ1n) is 7.96. The molecular formula is C19H21N3O. The van der Waals surface area contributed by atoms with Crippen molar-refractivity contribution in [1.82, 2.24) is 9.97 Å². The van der Waals surface area contributed by atoms with E-state index >= 15 is 0 Å². The smallest absolute Gasteiger partial charge is 0.137 e. The quantitative estimate of drug-likeness (QED) is 0.715. The minimum absolute atomic E-state index is 0.143. The van der Waals surface area contributed by atoms with Crippen LogP contribution in [0.5, 0.6) is 0 Å². The molecule has 4 nitrogen and oxygen atoms in total. The highest BCUT2D eigenvalue weighted by Gasteiger charge is 2.09. The fourth-order valence-corrected chi connectivity index (χ4v) is 2.47. The lowest BCUT2D eigenvalue weighted by atomic mass is 10.2. The first kappa shape index (κ1) is 15.4. The molecule has 1 unspecified atom stereocenters. The lowest BCUT2D eigenvalue weighted by Crippen LogP contribution is -2.23. The van der Waals surface area contributed by atoms with Gasteiger partial charge in [0.25, 0.3) is 0 Å². The van der Waals surface area contributed by atoms with E-state index in [4.69, 9.17) is 4.74 Å². The van der Waals surface area contributed by atoms with Crippen molar-refractivity contribution in [3.05, 3.63) is 66.5 Å². The number of anilines is 1. The normalized spacial score (nSPS) is 12.2. The van der Waals surface area contributed by atoms with Gasteiger partial charge in [0.15, 0.2) is 0 Å². The number of fused-ring (bicyclic) bond motifs is 1. The predicted molar refractivity (Wildman–Crippen MR) is 93.3 cm³/mol. The Morgan fingerprint density at radius 2 is 1.78 bits per heavy atom. The van der Waals surface area contributed by atoms with E-state index < -0.39 is 0 Å². The van der Waals surface area contributed by atoms with Gasteiger partial charge in [0.2, 0.25) is 0 Å². The van der Waals surface area contributed by atoms with Crippen molar-refractivity contribution in [3.63, 3.8) is 0 Å². The molecule has 3 aromatic rings. The summed E-state index contributed by atoms with van der Waals surface area (Å²) in [5, 5.41) is 4.43. The number of hydrogen-bond donors (Lipinski definition) is 1. The maximum atomic E-state index is 6.01. The molecule has 4 heteroatoms. The highest BCUT2D eigenvalue weighted by molar-refractivity contribution is 5.88. The van der Waals surface area contributed by atoms with Crippen molar-refractivity contribution in [1.29, 1.82) is 0 Å². The zero-order valence-corrected chi connectivity index (χ0v) is 13.3. The maximum absolute atomic E-state index is 6.01. The van der Waals surface area contributed by atoms with Crippen molar-refractivity contribution < 1.29 is 4.74 Å². The van der Waals surface area contributed by atoms with E-state index in [2.05, 4.69) is 34.3 Å². The fraction of sp³-hybridized carbons (Fsp3) is 0.263. The van der Waals surface area contributed by atoms with Crippen molar-refractivity contribution in [2.75, 3.05) is 11.9 Å². The molecule has 0 saturated carbocycles. The molecule has 0 saturated heterocycles. The van der Waals surface area contributed by atoms with E-state index in [1.807, 2.05) is 42.5 Å². The molecule has 0 aliphatic rings. The second-order valence-corrected chi connectivity index (χ2v) is 5.45. The van der Waals surface area contributed by atoms with Crippen molar-refractivity contribution >= 4 is 16.7 Å². The molecule has 0 fully saturated rings. The van der Waals surface area contributed by atoms with Gasteiger partial charge in [0.1, 0.15) is 12.1 Å². The van der Waals surface area contributed by atoms with E-state index in [1.165, 1.54) is 5.56 Å². The number of nitrogens with zero attached hydrogens (tertiary/aromatic N) is 2. The highest BCUT2D eigenvalue weighted by atomic mass is 16.5. The summed E-state index contributed by atoms with van der Waals surface area (Å²) in [6, 6.07) is 18.3. The van der Waals surface area contributed by atoms with Gasteiger partial charge in [-0.05, 0) is 24.1 Å². The maximum Gasteiger partial charge on any atom is 0.137 e. The fourth-order valence-electron chi connectivity index (χ4n) is 2.47. The summed E-state index contributed by atoms with van der Waals surface area (Å²) >= 11 is 0. The van der Waals surface area contributed by atoms with Crippen LogP contribution in [0.2, 0.25) is 0 Å². The van der Waals surface area contributed by atoms with Gasteiger partial charge in [-0.2, -0.15) is 0 Å². The summed E-state index contributed by atoms with van der Waals surface area (Å²) in [5.74, 6) is 0.859. The molecule has 2 aromatic carbocycles. The Labute approximate surface area is 136 Å². The van der Waals surface area contributed by atoms with Crippen LogP contribution in [0.1, 0.15) is 18.9 Å². The Hall–Kier alpha value is -2.46. The molecule has 0 spiro atoms. The van der Waals surface area contributed by atoms with E-state index in [1.54, 1.807) is 6.33 Å². The minimum Gasteiger partial charge on any atom is -0.372 e. The Bertz CT molecular complexity index is 740. The van der Waals surface area contributed by atoms with Gasteiger partial charge >= 0.3 is 0 Å². The summed E-state index contributed by atoms with van der Waals surface area (Å²) in [5.41, 5.74) is 2.14. The van der Waals surface area contributed by atoms with E-state index in [-0.39, 0.29) is 6.10 Å². The number of benzene rings is 2. The molecule has 3 rings (SSSR count). The van der Waals surface area contributed by atoms with Crippen molar-refractivity contribution in [2.24, 2.45) is 0 Å². The van der Waals surface area contributed by atoms with Gasteiger partial charge in [-0.3, -0.25) is 0 Å². The number of rotatable bonds is 7. The van der Waals surface area contributed by atoms with Crippen LogP contribution in [0.4, 0.5) is 5.82 Å². The largest absolute Gasteiger partial charge is 0.372 e. The second kappa shape index (κ2) is 7.70. The summed E-state index contributed by atoms with van der Waals surface area (Å²) in [6.07, 6.45) is 2.68. The van der Waals surface area contributed by atoms with Crippen LogP contribution in [0, 0.1) is 0 Å². The Morgan fingerprint density at radius 3 is 2.61 bits per heavy atom. The van der Waals surface area contributed by atoms with Gasteiger partial charge < -0.3 is 10.1 Å². The first-order valence-corrected chi connectivity index (χ1v) is 7.96. The lowest BCUT2D eigenvalue weighted by Gasteiger charge is -2.18. The molecule has 0 aliphatic heterocycles. The second-order valence-electron chi connectivity index (χ2n) is 5.45. The van der Waals surface area contributed by atoms with Gasteiger partial charge in [-0.25, -0.2) is 9.97 Å². The summed E-state index contributed by atoms with van der Waals surface area (Å²) in [4.78, 5) is 8.64. The van der Waals surface area contributed by atoms with E-state index in [0.717, 1.165) is 29.7 Å². The Balaban J connectivity index is 1.61. The predicted octanol–water partition coefficient (Wildman–Crippen LogP) is 4.04. The Kier molecular flexibility index (Phi) is 5.17. The number of aromatic nitrogens is 2. The van der Waals surface area contributed by atoms with Gasteiger partial charge in [-0.1, -0.05) is 49.4 Å². The monoisotopic (exact) mass is 307 g/mol. The Morgan fingerprint density at radius 1 is 1.00 bits per heavy atom. The molecule has 1 heterocycles. The molecule has 0 bridgehead atoms. The zero-order chi connectivity index (χ0) is 15.9. The van der Waals surface area contributed by atoms with Crippen LogP contribution in [0.15, 0.2) is 60.9 Å². The van der Waals surface area contributed by atoms with Crippen LogP contribution in [-0.4, -0.2) is 22.6 Å². The third-order valence-corrected chi connectivity index (χ3v) is 3.82. The lowest BCUT2D eigenvalue weighted by molar-refractivity contribution is 0.0468. The summed E-state index contributed by atoms with van der Waals surface area (Å²) in [7, 11) is 0. The first-order chi connectivity index (χ1) is 11.4. The molecule has 1 aromatic heterocycles.